The van der Waals surface area contributed by atoms with Gasteiger partial charge in [0.15, 0.2) is 17.3 Å². The molecule has 0 atom stereocenters. The van der Waals surface area contributed by atoms with E-state index in [1.165, 1.54) is 5.56 Å². The minimum atomic E-state index is -4.97. The van der Waals surface area contributed by atoms with Gasteiger partial charge in [-0.2, -0.15) is 0 Å². The van der Waals surface area contributed by atoms with E-state index < -0.39 is 17.9 Å². The molecule has 2 aromatic carbocycles. The third-order valence-corrected chi connectivity index (χ3v) is 6.14. The van der Waals surface area contributed by atoms with Crippen molar-refractivity contribution in [1.29, 1.82) is 0 Å². The van der Waals surface area contributed by atoms with Gasteiger partial charge in [-0.05, 0) is 62.2 Å². The maximum absolute atomic E-state index is 15.1. The van der Waals surface area contributed by atoms with E-state index in [1.54, 1.807) is 6.07 Å². The van der Waals surface area contributed by atoms with Crippen molar-refractivity contribution in [3.05, 3.63) is 53.5 Å². The van der Waals surface area contributed by atoms with Crippen molar-refractivity contribution in [1.82, 2.24) is 15.3 Å². The van der Waals surface area contributed by atoms with E-state index >= 15 is 4.39 Å². The molecule has 0 bridgehead atoms. The van der Waals surface area contributed by atoms with Crippen LogP contribution < -0.4 is 25.0 Å². The smallest absolute Gasteiger partial charge is 0.486 e. The summed E-state index contributed by atoms with van der Waals surface area (Å²) in [5.74, 6) is -1.21. The number of alkyl halides is 3. The molecule has 3 aromatic rings. The number of nitrogens with zero attached hydrogens (tertiary/aromatic N) is 3. The monoisotopic (exact) mass is 503 g/mol. The Morgan fingerprint density at radius 2 is 2.00 bits per heavy atom. The van der Waals surface area contributed by atoms with Crippen LogP contribution in [0.4, 0.5) is 34.9 Å². The number of aromatic nitrogens is 2. The highest BCUT2D eigenvalue weighted by molar-refractivity contribution is 5.76. The average Bonchev–Trinajstić information content (AvgIpc) is 2.83. The number of nitrogens with one attached hydrogen (secondary N) is 2. The number of fused-ring (bicyclic) bond motifs is 2. The first-order valence-electron chi connectivity index (χ1n) is 11.6. The second kappa shape index (κ2) is 9.45. The molecule has 0 fully saturated rings. The largest absolute Gasteiger partial charge is 0.573 e. The normalized spacial score (nSPS) is 15.2. The molecular weight excluding hydrogens is 478 g/mol. The summed E-state index contributed by atoms with van der Waals surface area (Å²) in [4.78, 5) is 10.3. The highest BCUT2D eigenvalue weighted by atomic mass is 19.4. The van der Waals surface area contributed by atoms with Gasteiger partial charge in [-0.3, -0.25) is 0 Å². The molecule has 0 aliphatic carbocycles. The minimum Gasteiger partial charge on any atom is -0.486 e. The fraction of sp³-hybridized carbons (Fsp3) is 0.360. The Bertz CT molecular complexity index is 1280. The molecule has 5 rings (SSSR count). The van der Waals surface area contributed by atoms with Gasteiger partial charge in [0.1, 0.15) is 12.3 Å². The van der Waals surface area contributed by atoms with E-state index in [-0.39, 0.29) is 29.0 Å². The molecule has 0 radical (unpaired) electrons. The van der Waals surface area contributed by atoms with E-state index in [1.807, 2.05) is 36.9 Å². The summed E-state index contributed by atoms with van der Waals surface area (Å²) in [6.07, 6.45) is -3.12. The molecule has 36 heavy (non-hydrogen) atoms. The van der Waals surface area contributed by atoms with Crippen molar-refractivity contribution in [2.45, 2.75) is 39.2 Å². The van der Waals surface area contributed by atoms with Crippen LogP contribution in [0.2, 0.25) is 0 Å². The summed E-state index contributed by atoms with van der Waals surface area (Å²) in [6.45, 7) is 6.34. The zero-order chi connectivity index (χ0) is 25.4. The molecule has 0 saturated carbocycles. The van der Waals surface area contributed by atoms with Gasteiger partial charge in [0.2, 0.25) is 5.95 Å². The Kier molecular flexibility index (Phi) is 6.33. The standard InChI is InChI=1S/C25H25F4N5O2/c1-14(2)34-7-8-35-23-19(26)10-16(11-20(23)34)22-21(36-25(27,28)29)13-31-24(33-22)32-18-4-3-15-5-6-30-12-17(15)9-18/h3-4,9-11,13-14,30H,5-8,12H2,1-2H3,(H,31,32,33). The van der Waals surface area contributed by atoms with Gasteiger partial charge in [-0.15, -0.1) is 13.2 Å². The average molecular weight is 504 g/mol. The quantitative estimate of drug-likeness (QED) is 0.465. The Hall–Kier alpha value is -3.60. The molecule has 0 spiro atoms. The summed E-state index contributed by atoms with van der Waals surface area (Å²) in [7, 11) is 0. The molecule has 7 nitrogen and oxygen atoms in total. The highest BCUT2D eigenvalue weighted by Gasteiger charge is 2.34. The lowest BCUT2D eigenvalue weighted by Crippen LogP contribution is -2.38. The molecule has 190 valence electrons. The molecule has 3 heterocycles. The molecule has 2 aliphatic heterocycles. The van der Waals surface area contributed by atoms with E-state index in [0.717, 1.165) is 37.3 Å². The number of benzene rings is 2. The lowest BCUT2D eigenvalue weighted by molar-refractivity contribution is -0.274. The van der Waals surface area contributed by atoms with Crippen LogP contribution in [-0.2, 0) is 13.0 Å². The molecule has 1 aromatic heterocycles. The van der Waals surface area contributed by atoms with Gasteiger partial charge < -0.3 is 25.0 Å². The zero-order valence-corrected chi connectivity index (χ0v) is 19.7. The van der Waals surface area contributed by atoms with Crippen LogP contribution in [0.15, 0.2) is 36.5 Å². The summed E-state index contributed by atoms with van der Waals surface area (Å²) in [5.41, 5.74) is 3.40. The fourth-order valence-electron chi connectivity index (χ4n) is 4.50. The Morgan fingerprint density at radius 1 is 1.17 bits per heavy atom. The number of anilines is 3. The van der Waals surface area contributed by atoms with Crippen molar-refractivity contribution in [2.24, 2.45) is 0 Å². The SMILES string of the molecule is CC(C)N1CCOc2c(F)cc(-c3nc(Nc4ccc5c(c4)CNCC5)ncc3OC(F)(F)F)cc21. The third-order valence-electron chi connectivity index (χ3n) is 6.14. The van der Waals surface area contributed by atoms with Gasteiger partial charge in [0.25, 0.3) is 0 Å². The Morgan fingerprint density at radius 3 is 2.78 bits per heavy atom. The van der Waals surface area contributed by atoms with Crippen molar-refractivity contribution in [2.75, 3.05) is 29.9 Å². The first-order chi connectivity index (χ1) is 17.2. The molecule has 2 aliphatic rings. The lowest BCUT2D eigenvalue weighted by atomic mass is 10.0. The second-order valence-electron chi connectivity index (χ2n) is 8.93. The summed E-state index contributed by atoms with van der Waals surface area (Å²) in [6, 6.07) is 8.50. The first kappa shape index (κ1) is 24.1. The van der Waals surface area contributed by atoms with E-state index in [0.29, 0.717) is 24.5 Å². The van der Waals surface area contributed by atoms with Crippen molar-refractivity contribution in [3.8, 4) is 22.8 Å². The van der Waals surface area contributed by atoms with Crippen LogP contribution in [0.3, 0.4) is 0 Å². The van der Waals surface area contributed by atoms with Crippen molar-refractivity contribution >= 4 is 17.3 Å². The predicted octanol–water partition coefficient (Wildman–Crippen LogP) is 5.18. The van der Waals surface area contributed by atoms with E-state index in [9.17, 15) is 13.2 Å². The molecule has 0 unspecified atom stereocenters. The van der Waals surface area contributed by atoms with Crippen LogP contribution in [0.25, 0.3) is 11.3 Å². The van der Waals surface area contributed by atoms with Gasteiger partial charge in [0, 0.05) is 23.8 Å². The number of hydrogen-bond donors (Lipinski definition) is 2. The number of rotatable bonds is 5. The molecule has 0 saturated heterocycles. The second-order valence-corrected chi connectivity index (χ2v) is 8.93. The predicted molar refractivity (Wildman–Crippen MR) is 127 cm³/mol. The van der Waals surface area contributed by atoms with Gasteiger partial charge in [0.05, 0.1) is 18.4 Å². The van der Waals surface area contributed by atoms with Crippen LogP contribution in [0.1, 0.15) is 25.0 Å². The Balaban J connectivity index is 1.56. The van der Waals surface area contributed by atoms with E-state index in [4.69, 9.17) is 4.74 Å². The molecular formula is C25H25F4N5O2. The molecule has 2 N–H and O–H groups in total. The summed E-state index contributed by atoms with van der Waals surface area (Å²) in [5, 5.41) is 6.34. The first-order valence-corrected chi connectivity index (χ1v) is 11.6. The summed E-state index contributed by atoms with van der Waals surface area (Å²) < 4.78 is 64.2. The maximum Gasteiger partial charge on any atom is 0.573 e. The van der Waals surface area contributed by atoms with Gasteiger partial charge >= 0.3 is 6.36 Å². The third kappa shape index (κ3) is 5.01. The van der Waals surface area contributed by atoms with Crippen molar-refractivity contribution < 1.29 is 27.0 Å². The van der Waals surface area contributed by atoms with Crippen LogP contribution in [0, 0.1) is 5.82 Å². The number of ether oxygens (including phenoxy) is 2. The molecule has 0 amide bonds. The van der Waals surface area contributed by atoms with Crippen molar-refractivity contribution in [3.63, 3.8) is 0 Å². The number of hydrogen-bond acceptors (Lipinski definition) is 7. The molecule has 11 heteroatoms. The topological polar surface area (TPSA) is 71.5 Å². The van der Waals surface area contributed by atoms with Gasteiger partial charge in [-0.25, -0.2) is 14.4 Å². The van der Waals surface area contributed by atoms with Crippen LogP contribution >= 0.6 is 0 Å². The van der Waals surface area contributed by atoms with Gasteiger partial charge in [-0.1, -0.05) is 6.07 Å². The van der Waals surface area contributed by atoms with E-state index in [2.05, 4.69) is 25.3 Å². The number of halogens is 4. The minimum absolute atomic E-state index is 0.0225. The Labute approximate surface area is 205 Å². The summed E-state index contributed by atoms with van der Waals surface area (Å²) >= 11 is 0. The fourth-order valence-corrected chi connectivity index (χ4v) is 4.50. The zero-order valence-electron chi connectivity index (χ0n) is 19.7. The van der Waals surface area contributed by atoms with Crippen LogP contribution in [-0.4, -0.2) is 42.1 Å². The maximum atomic E-state index is 15.1. The lowest BCUT2D eigenvalue weighted by Gasteiger charge is -2.34. The van der Waals surface area contributed by atoms with Crippen LogP contribution in [0.5, 0.6) is 11.5 Å². The highest BCUT2D eigenvalue weighted by Crippen LogP contribution is 2.41.